The van der Waals surface area contributed by atoms with Crippen LogP contribution in [0.3, 0.4) is 0 Å². The van der Waals surface area contributed by atoms with Gasteiger partial charge in [-0.2, -0.15) is 0 Å². The summed E-state index contributed by atoms with van der Waals surface area (Å²) in [6, 6.07) is 28.2. The molecule has 0 heterocycles. The number of allylic oxidation sites excluding steroid dienone is 9. The predicted octanol–water partition coefficient (Wildman–Crippen LogP) is 7.10. The molecule has 0 spiro atoms. The van der Waals surface area contributed by atoms with E-state index in [0.29, 0.717) is 0 Å². The van der Waals surface area contributed by atoms with Crippen molar-refractivity contribution in [1.29, 1.82) is 0 Å². The summed E-state index contributed by atoms with van der Waals surface area (Å²) in [5.41, 5.74) is 10.6. The Balaban J connectivity index is 1.84. The molecule has 0 radical (unpaired) electrons. The third-order valence-electron chi connectivity index (χ3n) is 6.66. The minimum absolute atomic E-state index is 1.16. The molecule has 3 nitrogen and oxygen atoms in total. The van der Waals surface area contributed by atoms with E-state index in [9.17, 15) is 0 Å². The van der Waals surface area contributed by atoms with Crippen molar-refractivity contribution in [2.75, 3.05) is 52.1 Å². The first-order chi connectivity index (χ1) is 18.3. The fourth-order valence-corrected chi connectivity index (χ4v) is 4.29. The van der Waals surface area contributed by atoms with Crippen molar-refractivity contribution in [3.8, 4) is 0 Å². The topological polar surface area (TPSA) is 9.49 Å². The lowest BCUT2D eigenvalue weighted by Crippen LogP contribution is -2.09. The number of nitrogens with zero attached hydrogens (tertiary/aromatic N) is 3. The Morgan fingerprint density at radius 3 is 1.55 bits per heavy atom. The fraction of sp³-hybridized carbons (Fsp3) is 0.171. The number of hydrogen-bond donors (Lipinski definition) is 0. The summed E-state index contributed by atoms with van der Waals surface area (Å²) in [6.45, 7) is 0. The van der Waals surface area contributed by atoms with Gasteiger partial charge in [0.05, 0.1) is 0 Å². The van der Waals surface area contributed by atoms with Crippen LogP contribution < -0.4 is 9.80 Å². The molecule has 0 amide bonds. The summed E-state index contributed by atoms with van der Waals surface area (Å²) in [6.07, 6.45) is 15.4. The van der Waals surface area contributed by atoms with Crippen molar-refractivity contribution >= 4 is 28.2 Å². The molecular formula is C35H38N3+. The van der Waals surface area contributed by atoms with E-state index >= 15 is 0 Å². The maximum atomic E-state index is 2.31. The smallest absolute Gasteiger partial charge is 0.199 e. The summed E-state index contributed by atoms with van der Waals surface area (Å²) < 4.78 is 2.12. The zero-order valence-corrected chi connectivity index (χ0v) is 23.4. The zero-order chi connectivity index (χ0) is 27.1. The van der Waals surface area contributed by atoms with Crippen molar-refractivity contribution in [3.63, 3.8) is 0 Å². The van der Waals surface area contributed by atoms with Gasteiger partial charge in [-0.25, -0.2) is 4.58 Å². The Morgan fingerprint density at radius 2 is 1.11 bits per heavy atom. The molecule has 38 heavy (non-hydrogen) atoms. The van der Waals surface area contributed by atoms with Gasteiger partial charge in [-0.3, -0.25) is 0 Å². The van der Waals surface area contributed by atoms with Gasteiger partial charge < -0.3 is 9.80 Å². The number of anilines is 2. The molecule has 0 fully saturated rings. The van der Waals surface area contributed by atoms with Gasteiger partial charge in [-0.05, 0) is 75.9 Å². The van der Waals surface area contributed by atoms with Crippen LogP contribution in [0.15, 0.2) is 127 Å². The van der Waals surface area contributed by atoms with Crippen LogP contribution in [0.4, 0.5) is 11.4 Å². The highest BCUT2D eigenvalue weighted by molar-refractivity contribution is 6.02. The van der Waals surface area contributed by atoms with Gasteiger partial charge in [0.15, 0.2) is 5.71 Å². The first kappa shape index (κ1) is 26.7. The fourth-order valence-electron chi connectivity index (χ4n) is 4.29. The third kappa shape index (κ3) is 6.68. The van der Waals surface area contributed by atoms with E-state index in [-0.39, 0.29) is 0 Å². The first-order valence-corrected chi connectivity index (χ1v) is 13.0. The van der Waals surface area contributed by atoms with Gasteiger partial charge in [0.2, 0.25) is 0 Å². The normalized spacial score (nSPS) is 12.8. The Kier molecular flexibility index (Phi) is 8.60. The van der Waals surface area contributed by atoms with Crippen molar-refractivity contribution in [3.05, 3.63) is 144 Å². The molecule has 4 rings (SSSR count). The van der Waals surface area contributed by atoms with Gasteiger partial charge in [-0.1, -0.05) is 66.7 Å². The molecule has 0 aromatic heterocycles. The Bertz CT molecular complexity index is 1350. The van der Waals surface area contributed by atoms with E-state index in [0.717, 1.165) is 5.57 Å². The summed E-state index contributed by atoms with van der Waals surface area (Å²) in [7, 11) is 12.4. The predicted molar refractivity (Wildman–Crippen MR) is 167 cm³/mol. The summed E-state index contributed by atoms with van der Waals surface area (Å²) in [4.78, 5) is 4.26. The Labute approximate surface area is 228 Å². The second-order valence-corrected chi connectivity index (χ2v) is 10.1. The molecule has 0 saturated heterocycles. The second kappa shape index (κ2) is 12.2. The van der Waals surface area contributed by atoms with Crippen molar-refractivity contribution in [1.82, 2.24) is 0 Å². The highest BCUT2D eigenvalue weighted by atomic mass is 15.1. The summed E-state index contributed by atoms with van der Waals surface area (Å²) in [5.74, 6) is 0. The monoisotopic (exact) mass is 500 g/mol. The highest BCUT2D eigenvalue weighted by Gasteiger charge is 2.10. The van der Waals surface area contributed by atoms with E-state index in [1.807, 2.05) is 0 Å². The summed E-state index contributed by atoms with van der Waals surface area (Å²) >= 11 is 0. The molecule has 1 aliphatic rings. The molecule has 0 atom stereocenters. The van der Waals surface area contributed by atoms with Crippen molar-refractivity contribution in [2.24, 2.45) is 0 Å². The Morgan fingerprint density at radius 1 is 0.605 bits per heavy atom. The lowest BCUT2D eigenvalue weighted by molar-refractivity contribution is -0.462. The van der Waals surface area contributed by atoms with E-state index < -0.39 is 0 Å². The molecule has 1 aliphatic carbocycles. The number of hydrogen-bond acceptors (Lipinski definition) is 2. The largest absolute Gasteiger partial charge is 0.378 e. The average molecular weight is 501 g/mol. The lowest BCUT2D eigenvalue weighted by Gasteiger charge is -2.17. The standard InChI is InChI=1S/C35H38N3/c1-36(2)32-20-13-27(14-21-32)12-15-31(28-10-8-7-9-11-28)26-35(29-16-22-33(23-17-29)37(3)4)30-18-24-34(25-19-30)38(5)6/h7-26H,1-6H3/q+1. The molecule has 3 heteroatoms. The minimum atomic E-state index is 1.16. The van der Waals surface area contributed by atoms with Gasteiger partial charge in [0, 0.05) is 51.7 Å². The molecule has 3 aromatic carbocycles. The maximum absolute atomic E-state index is 2.31. The molecular weight excluding hydrogens is 462 g/mol. The van der Waals surface area contributed by atoms with Crippen LogP contribution in [0.5, 0.6) is 0 Å². The SMILES string of the molecule is CN(C)c1ccc(C(=C/C(=C/C=C2C=CC(=[N+](C)C)C=C2)c2ccccc2)c2ccc(N(C)C)cc2)cc1. The maximum Gasteiger partial charge on any atom is 0.199 e. The van der Waals surface area contributed by atoms with Crippen molar-refractivity contribution in [2.45, 2.75) is 0 Å². The summed E-state index contributed by atoms with van der Waals surface area (Å²) in [5, 5.41) is 0. The molecule has 0 bridgehead atoms. The Hall–Kier alpha value is -4.37. The zero-order valence-electron chi connectivity index (χ0n) is 23.4. The van der Waals surface area contributed by atoms with Crippen LogP contribution in [0.2, 0.25) is 0 Å². The van der Waals surface area contributed by atoms with Gasteiger partial charge in [-0.15, -0.1) is 0 Å². The molecule has 3 aromatic rings. The lowest BCUT2D eigenvalue weighted by atomic mass is 9.92. The van der Waals surface area contributed by atoms with E-state index in [1.165, 1.54) is 44.9 Å². The average Bonchev–Trinajstić information content (AvgIpc) is 2.94. The minimum Gasteiger partial charge on any atom is -0.378 e. The van der Waals surface area contributed by atoms with E-state index in [4.69, 9.17) is 0 Å². The van der Waals surface area contributed by atoms with Gasteiger partial charge in [0.1, 0.15) is 14.1 Å². The third-order valence-corrected chi connectivity index (χ3v) is 6.66. The molecule has 192 valence electrons. The molecule has 0 unspecified atom stereocenters. The van der Waals surface area contributed by atoms with Crippen LogP contribution in [0.25, 0.3) is 11.1 Å². The van der Waals surface area contributed by atoms with E-state index in [1.54, 1.807) is 0 Å². The molecule has 0 N–H and O–H groups in total. The van der Waals surface area contributed by atoms with Crippen LogP contribution in [-0.4, -0.2) is 52.6 Å². The molecule has 0 saturated carbocycles. The second-order valence-electron chi connectivity index (χ2n) is 10.1. The van der Waals surface area contributed by atoms with Gasteiger partial charge in [0.25, 0.3) is 0 Å². The highest BCUT2D eigenvalue weighted by Crippen LogP contribution is 2.31. The van der Waals surface area contributed by atoms with Crippen LogP contribution in [-0.2, 0) is 0 Å². The van der Waals surface area contributed by atoms with Crippen LogP contribution >= 0.6 is 0 Å². The number of rotatable bonds is 7. The van der Waals surface area contributed by atoms with Crippen LogP contribution in [0, 0.1) is 0 Å². The van der Waals surface area contributed by atoms with Gasteiger partial charge >= 0.3 is 0 Å². The molecule has 0 aliphatic heterocycles. The van der Waals surface area contributed by atoms with E-state index in [2.05, 4.69) is 178 Å². The van der Waals surface area contributed by atoms with Crippen molar-refractivity contribution < 1.29 is 4.58 Å². The first-order valence-electron chi connectivity index (χ1n) is 13.0. The van der Waals surface area contributed by atoms with Crippen LogP contribution in [0.1, 0.15) is 16.7 Å². The quantitative estimate of drug-likeness (QED) is 0.253. The number of benzene rings is 3.